The van der Waals surface area contributed by atoms with Gasteiger partial charge in [-0.15, -0.1) is 11.3 Å². The summed E-state index contributed by atoms with van der Waals surface area (Å²) >= 11 is 4.74. The van der Waals surface area contributed by atoms with Crippen molar-refractivity contribution in [2.75, 3.05) is 6.54 Å². The summed E-state index contributed by atoms with van der Waals surface area (Å²) in [5.74, 6) is -0.415. The monoisotopic (exact) mass is 380 g/mol. The van der Waals surface area contributed by atoms with Gasteiger partial charge in [-0.25, -0.2) is 0 Å². The van der Waals surface area contributed by atoms with Gasteiger partial charge >= 0.3 is 0 Å². The van der Waals surface area contributed by atoms with E-state index < -0.39 is 0 Å². The first-order valence-electron chi connectivity index (χ1n) is 6.96. The van der Waals surface area contributed by atoms with E-state index in [0.29, 0.717) is 4.88 Å². The quantitative estimate of drug-likeness (QED) is 0.805. The van der Waals surface area contributed by atoms with E-state index in [2.05, 4.69) is 26.6 Å². The second kappa shape index (κ2) is 8.10. The molecule has 0 saturated heterocycles. The van der Waals surface area contributed by atoms with Gasteiger partial charge in [-0.1, -0.05) is 41.1 Å². The highest BCUT2D eigenvalue weighted by molar-refractivity contribution is 9.10. The second-order valence-corrected chi connectivity index (χ2v) is 6.60. The van der Waals surface area contributed by atoms with Gasteiger partial charge in [0.1, 0.15) is 0 Å². The molecule has 2 amide bonds. The minimum absolute atomic E-state index is 0.0240. The summed E-state index contributed by atoms with van der Waals surface area (Å²) in [6, 6.07) is 11.3. The molecule has 2 rings (SSSR count). The Morgan fingerprint density at radius 3 is 2.55 bits per heavy atom. The number of hydrogen-bond donors (Lipinski definition) is 2. The van der Waals surface area contributed by atoms with E-state index in [1.807, 2.05) is 36.6 Å². The van der Waals surface area contributed by atoms with Crippen molar-refractivity contribution >= 4 is 39.1 Å². The summed E-state index contributed by atoms with van der Waals surface area (Å²) in [7, 11) is 0. The highest BCUT2D eigenvalue weighted by atomic mass is 79.9. The molecule has 2 aromatic rings. The van der Waals surface area contributed by atoms with Crippen LogP contribution in [-0.2, 0) is 4.79 Å². The number of carbonyl (C=O) groups is 2. The van der Waals surface area contributed by atoms with E-state index in [1.54, 1.807) is 12.1 Å². The maximum atomic E-state index is 12.0. The van der Waals surface area contributed by atoms with E-state index in [-0.39, 0.29) is 24.4 Å². The van der Waals surface area contributed by atoms with E-state index >= 15 is 0 Å². The lowest BCUT2D eigenvalue weighted by atomic mass is 10.0. The molecule has 6 heteroatoms. The Morgan fingerprint density at radius 1 is 1.23 bits per heavy atom. The zero-order chi connectivity index (χ0) is 15.9. The number of nitrogens with one attached hydrogen (secondary N) is 2. The number of carbonyl (C=O) groups excluding carboxylic acids is 2. The van der Waals surface area contributed by atoms with Gasteiger partial charge in [-0.05, 0) is 35.6 Å². The molecule has 0 saturated carbocycles. The second-order valence-electron chi connectivity index (χ2n) is 4.74. The van der Waals surface area contributed by atoms with Crippen LogP contribution in [0.25, 0.3) is 0 Å². The molecule has 22 heavy (non-hydrogen) atoms. The molecule has 0 spiro atoms. The highest BCUT2D eigenvalue weighted by Crippen LogP contribution is 2.19. The Bertz CT molecular complexity index is 626. The fourth-order valence-electron chi connectivity index (χ4n) is 2.02. The standard InChI is InChI=1S/C16H17BrN2O2S/c1-2-13(11-5-7-12(17)8-6-11)19-15(20)10-18-16(21)14-4-3-9-22-14/h3-9,13H,2,10H2,1H3,(H,18,21)(H,19,20). The summed E-state index contributed by atoms with van der Waals surface area (Å²) in [5.41, 5.74) is 1.05. The van der Waals surface area contributed by atoms with Crippen LogP contribution in [0.1, 0.15) is 34.6 Å². The van der Waals surface area contributed by atoms with Gasteiger partial charge in [0.05, 0.1) is 17.5 Å². The molecule has 1 unspecified atom stereocenters. The smallest absolute Gasteiger partial charge is 0.261 e. The maximum Gasteiger partial charge on any atom is 0.261 e. The molecule has 1 atom stereocenters. The normalized spacial score (nSPS) is 11.7. The number of benzene rings is 1. The minimum Gasteiger partial charge on any atom is -0.348 e. The van der Waals surface area contributed by atoms with Crippen LogP contribution >= 0.6 is 27.3 Å². The lowest BCUT2D eigenvalue weighted by molar-refractivity contribution is -0.120. The third-order valence-corrected chi connectivity index (χ3v) is 4.57. The maximum absolute atomic E-state index is 12.0. The molecule has 1 aromatic heterocycles. The predicted molar refractivity (Wildman–Crippen MR) is 92.0 cm³/mol. The van der Waals surface area contributed by atoms with Crippen LogP contribution in [0.15, 0.2) is 46.3 Å². The van der Waals surface area contributed by atoms with Gasteiger partial charge in [0.25, 0.3) is 5.91 Å². The van der Waals surface area contributed by atoms with Gasteiger partial charge in [0.15, 0.2) is 0 Å². The molecule has 1 aromatic carbocycles. The van der Waals surface area contributed by atoms with E-state index in [0.717, 1.165) is 16.5 Å². The van der Waals surface area contributed by atoms with Crippen LogP contribution in [-0.4, -0.2) is 18.4 Å². The van der Waals surface area contributed by atoms with E-state index in [1.165, 1.54) is 11.3 Å². The summed E-state index contributed by atoms with van der Waals surface area (Å²) < 4.78 is 1.00. The summed E-state index contributed by atoms with van der Waals surface area (Å²) in [5, 5.41) is 7.39. The minimum atomic E-state index is -0.221. The van der Waals surface area contributed by atoms with Crippen molar-refractivity contribution in [1.29, 1.82) is 0 Å². The van der Waals surface area contributed by atoms with Crippen LogP contribution in [0, 0.1) is 0 Å². The summed E-state index contributed by atoms with van der Waals surface area (Å²) in [6.07, 6.45) is 0.784. The fourth-order valence-corrected chi connectivity index (χ4v) is 2.92. The van der Waals surface area contributed by atoms with Gasteiger partial charge in [0.2, 0.25) is 5.91 Å². The Hall–Kier alpha value is -1.66. The highest BCUT2D eigenvalue weighted by Gasteiger charge is 2.14. The molecule has 1 heterocycles. The largest absolute Gasteiger partial charge is 0.348 e. The number of rotatable bonds is 6. The van der Waals surface area contributed by atoms with Crippen molar-refractivity contribution in [3.63, 3.8) is 0 Å². The Labute approximate surface area is 142 Å². The van der Waals surface area contributed by atoms with Gasteiger partial charge in [-0.3, -0.25) is 9.59 Å². The molecular formula is C16H17BrN2O2S. The van der Waals surface area contributed by atoms with Gasteiger partial charge in [0, 0.05) is 4.47 Å². The lowest BCUT2D eigenvalue weighted by Crippen LogP contribution is -2.38. The lowest BCUT2D eigenvalue weighted by Gasteiger charge is -2.17. The number of halogens is 1. The molecular weight excluding hydrogens is 364 g/mol. The molecule has 0 aliphatic heterocycles. The van der Waals surface area contributed by atoms with Crippen molar-refractivity contribution in [2.45, 2.75) is 19.4 Å². The Kier molecular flexibility index (Phi) is 6.15. The van der Waals surface area contributed by atoms with Gasteiger partial charge < -0.3 is 10.6 Å². The van der Waals surface area contributed by atoms with Crippen molar-refractivity contribution in [3.05, 3.63) is 56.7 Å². The van der Waals surface area contributed by atoms with Crippen molar-refractivity contribution < 1.29 is 9.59 Å². The van der Waals surface area contributed by atoms with E-state index in [9.17, 15) is 9.59 Å². The Morgan fingerprint density at radius 2 is 1.95 bits per heavy atom. The third kappa shape index (κ3) is 4.68. The molecule has 0 radical (unpaired) electrons. The van der Waals surface area contributed by atoms with Crippen molar-refractivity contribution in [3.8, 4) is 0 Å². The molecule has 0 bridgehead atoms. The molecule has 116 valence electrons. The van der Waals surface area contributed by atoms with Crippen LogP contribution < -0.4 is 10.6 Å². The molecule has 0 aliphatic rings. The van der Waals surface area contributed by atoms with Crippen molar-refractivity contribution in [2.24, 2.45) is 0 Å². The zero-order valence-corrected chi connectivity index (χ0v) is 14.5. The summed E-state index contributed by atoms with van der Waals surface area (Å²) in [6.45, 7) is 1.99. The van der Waals surface area contributed by atoms with Crippen LogP contribution in [0.4, 0.5) is 0 Å². The van der Waals surface area contributed by atoms with E-state index in [4.69, 9.17) is 0 Å². The first-order chi connectivity index (χ1) is 10.6. The molecule has 4 nitrogen and oxygen atoms in total. The SMILES string of the molecule is CCC(NC(=O)CNC(=O)c1cccs1)c1ccc(Br)cc1. The first kappa shape index (κ1) is 16.7. The number of hydrogen-bond acceptors (Lipinski definition) is 3. The predicted octanol–water partition coefficient (Wildman–Crippen LogP) is 3.51. The van der Waals surface area contributed by atoms with Crippen LogP contribution in [0.5, 0.6) is 0 Å². The molecule has 2 N–H and O–H groups in total. The fraction of sp³-hybridized carbons (Fsp3) is 0.250. The zero-order valence-electron chi connectivity index (χ0n) is 12.1. The van der Waals surface area contributed by atoms with Crippen LogP contribution in [0.3, 0.4) is 0 Å². The third-order valence-electron chi connectivity index (χ3n) is 3.17. The van der Waals surface area contributed by atoms with Gasteiger partial charge in [-0.2, -0.15) is 0 Å². The molecule has 0 fully saturated rings. The summed E-state index contributed by atoms with van der Waals surface area (Å²) in [4.78, 5) is 24.4. The van der Waals surface area contributed by atoms with Crippen molar-refractivity contribution in [1.82, 2.24) is 10.6 Å². The average molecular weight is 381 g/mol. The first-order valence-corrected chi connectivity index (χ1v) is 8.64. The van der Waals surface area contributed by atoms with Crippen LogP contribution in [0.2, 0.25) is 0 Å². The number of thiophene rings is 1. The Balaban J connectivity index is 1.87. The topological polar surface area (TPSA) is 58.2 Å². The molecule has 0 aliphatic carbocycles. The number of amides is 2. The average Bonchev–Trinajstić information content (AvgIpc) is 3.05.